The SMILES string of the molecule is CCCCCCCCCCCCCCCCCOP(=O)(O)OCCCCCCCCCCCCCCCCC. The topological polar surface area (TPSA) is 55.8 Å². The Morgan fingerprint density at radius 3 is 0.744 bits per heavy atom. The van der Waals surface area contributed by atoms with Crippen molar-refractivity contribution in [2.45, 2.75) is 206 Å². The average Bonchev–Trinajstić information content (AvgIpc) is 2.92. The summed E-state index contributed by atoms with van der Waals surface area (Å²) in [6.45, 7) is 5.20. The fourth-order valence-corrected chi connectivity index (χ4v) is 6.14. The van der Waals surface area contributed by atoms with Crippen LogP contribution in [0.4, 0.5) is 0 Å². The van der Waals surface area contributed by atoms with E-state index >= 15 is 0 Å². The molecule has 0 amide bonds. The molecule has 4 nitrogen and oxygen atoms in total. The Kier molecular flexibility index (Phi) is 32.7. The van der Waals surface area contributed by atoms with Crippen molar-refractivity contribution in [2.24, 2.45) is 0 Å². The molecule has 0 aliphatic carbocycles. The van der Waals surface area contributed by atoms with E-state index < -0.39 is 7.82 Å². The molecule has 0 aromatic carbocycles. The van der Waals surface area contributed by atoms with Gasteiger partial charge in [-0.3, -0.25) is 9.05 Å². The van der Waals surface area contributed by atoms with Gasteiger partial charge in [0.05, 0.1) is 13.2 Å². The zero-order chi connectivity index (χ0) is 28.5. The fraction of sp³-hybridized carbons (Fsp3) is 1.00. The molecule has 5 heteroatoms. The standard InChI is InChI=1S/C34H71O4P/c1-3-5-7-9-11-13-15-17-19-21-23-25-27-29-31-33-37-39(35,36)38-34-32-30-28-26-24-22-20-18-16-14-12-10-8-6-4-2/h3-34H2,1-2H3,(H,35,36). The van der Waals surface area contributed by atoms with E-state index in [0.717, 1.165) is 25.7 Å². The highest BCUT2D eigenvalue weighted by molar-refractivity contribution is 7.47. The fourth-order valence-electron chi connectivity index (χ4n) is 5.34. The van der Waals surface area contributed by atoms with Gasteiger partial charge in [-0.15, -0.1) is 0 Å². The van der Waals surface area contributed by atoms with E-state index in [4.69, 9.17) is 9.05 Å². The molecule has 0 saturated carbocycles. The molecule has 0 atom stereocenters. The van der Waals surface area contributed by atoms with Crippen molar-refractivity contribution >= 4 is 7.82 Å². The third-order valence-corrected chi connectivity index (χ3v) is 9.02. The molecule has 0 saturated heterocycles. The highest BCUT2D eigenvalue weighted by Crippen LogP contribution is 2.43. The van der Waals surface area contributed by atoms with Gasteiger partial charge < -0.3 is 4.89 Å². The summed E-state index contributed by atoms with van der Waals surface area (Å²) in [5, 5.41) is 0. The summed E-state index contributed by atoms with van der Waals surface area (Å²) in [5.74, 6) is 0. The summed E-state index contributed by atoms with van der Waals surface area (Å²) in [6.07, 6.45) is 39.3. The lowest BCUT2D eigenvalue weighted by Crippen LogP contribution is -1.99. The summed E-state index contributed by atoms with van der Waals surface area (Å²) in [7, 11) is -3.87. The largest absolute Gasteiger partial charge is 0.472 e. The van der Waals surface area contributed by atoms with Gasteiger partial charge in [0.1, 0.15) is 0 Å². The van der Waals surface area contributed by atoms with Crippen molar-refractivity contribution in [1.82, 2.24) is 0 Å². The van der Waals surface area contributed by atoms with E-state index in [9.17, 15) is 9.46 Å². The molecular weight excluding hydrogens is 503 g/mol. The lowest BCUT2D eigenvalue weighted by Gasteiger charge is -2.12. The minimum atomic E-state index is -3.87. The van der Waals surface area contributed by atoms with Gasteiger partial charge in [-0.25, -0.2) is 4.57 Å². The molecular formula is C34H71O4P. The molecule has 0 spiro atoms. The van der Waals surface area contributed by atoms with Gasteiger partial charge in [0.2, 0.25) is 0 Å². The molecule has 0 aliphatic rings. The Labute approximate surface area is 245 Å². The Morgan fingerprint density at radius 1 is 0.359 bits per heavy atom. The quantitative estimate of drug-likeness (QED) is 0.0613. The monoisotopic (exact) mass is 575 g/mol. The number of hydrogen-bond donors (Lipinski definition) is 1. The van der Waals surface area contributed by atoms with Crippen molar-refractivity contribution in [3.05, 3.63) is 0 Å². The molecule has 0 heterocycles. The van der Waals surface area contributed by atoms with Crippen molar-refractivity contribution in [3.8, 4) is 0 Å². The summed E-state index contributed by atoms with van der Waals surface area (Å²) in [4.78, 5) is 9.86. The first-order chi connectivity index (χ1) is 19.1. The van der Waals surface area contributed by atoms with Gasteiger partial charge in [0.15, 0.2) is 0 Å². The summed E-state index contributed by atoms with van der Waals surface area (Å²) in [6, 6.07) is 0. The summed E-state index contributed by atoms with van der Waals surface area (Å²) in [5.41, 5.74) is 0. The van der Waals surface area contributed by atoms with E-state index in [0.29, 0.717) is 13.2 Å². The van der Waals surface area contributed by atoms with Gasteiger partial charge in [0.25, 0.3) is 0 Å². The Balaban J connectivity index is 3.27. The number of rotatable bonds is 34. The highest BCUT2D eigenvalue weighted by Gasteiger charge is 2.19. The lowest BCUT2D eigenvalue weighted by atomic mass is 10.0. The van der Waals surface area contributed by atoms with E-state index in [1.807, 2.05) is 0 Å². The van der Waals surface area contributed by atoms with Gasteiger partial charge in [0, 0.05) is 0 Å². The number of phosphoric acid groups is 1. The Bertz CT molecular complexity index is 460. The predicted octanol–water partition coefficient (Wildman–Crippen LogP) is 12.9. The first-order valence-electron chi connectivity index (χ1n) is 17.7. The minimum Gasteiger partial charge on any atom is -0.302 e. The van der Waals surface area contributed by atoms with Gasteiger partial charge in [-0.2, -0.15) is 0 Å². The Morgan fingerprint density at radius 2 is 0.538 bits per heavy atom. The molecule has 0 bridgehead atoms. The second-order valence-electron chi connectivity index (χ2n) is 12.0. The van der Waals surface area contributed by atoms with E-state index in [2.05, 4.69) is 13.8 Å². The van der Waals surface area contributed by atoms with Crippen LogP contribution in [0.3, 0.4) is 0 Å². The molecule has 1 N–H and O–H groups in total. The Hall–Kier alpha value is 0.110. The number of hydrogen-bond acceptors (Lipinski definition) is 3. The van der Waals surface area contributed by atoms with Crippen LogP contribution in [0, 0.1) is 0 Å². The van der Waals surface area contributed by atoms with Crippen LogP contribution in [0.5, 0.6) is 0 Å². The molecule has 236 valence electrons. The molecule has 0 aromatic rings. The zero-order valence-corrected chi connectivity index (χ0v) is 27.6. The lowest BCUT2D eigenvalue weighted by molar-refractivity contribution is 0.145. The van der Waals surface area contributed by atoms with Crippen LogP contribution in [-0.4, -0.2) is 18.1 Å². The van der Waals surface area contributed by atoms with Gasteiger partial charge >= 0.3 is 7.82 Å². The first-order valence-corrected chi connectivity index (χ1v) is 19.2. The maximum atomic E-state index is 12.0. The molecule has 39 heavy (non-hydrogen) atoms. The predicted molar refractivity (Wildman–Crippen MR) is 172 cm³/mol. The summed E-state index contributed by atoms with van der Waals surface area (Å²) < 4.78 is 22.3. The number of unbranched alkanes of at least 4 members (excludes halogenated alkanes) is 28. The van der Waals surface area contributed by atoms with E-state index in [1.165, 1.54) is 167 Å². The van der Waals surface area contributed by atoms with E-state index in [1.54, 1.807) is 0 Å². The second-order valence-corrected chi connectivity index (χ2v) is 13.5. The normalized spacial score (nSPS) is 12.0. The van der Waals surface area contributed by atoms with Gasteiger partial charge in [-0.1, -0.05) is 194 Å². The van der Waals surface area contributed by atoms with Crippen LogP contribution in [0.25, 0.3) is 0 Å². The summed E-state index contributed by atoms with van der Waals surface area (Å²) >= 11 is 0. The minimum absolute atomic E-state index is 0.324. The van der Waals surface area contributed by atoms with Crippen LogP contribution in [0.2, 0.25) is 0 Å². The van der Waals surface area contributed by atoms with Crippen LogP contribution < -0.4 is 0 Å². The van der Waals surface area contributed by atoms with Gasteiger partial charge in [-0.05, 0) is 12.8 Å². The maximum absolute atomic E-state index is 12.0. The molecule has 0 aliphatic heterocycles. The number of phosphoric ester groups is 1. The zero-order valence-electron chi connectivity index (χ0n) is 26.7. The average molecular weight is 575 g/mol. The molecule has 0 rings (SSSR count). The molecule has 0 fully saturated rings. The second kappa shape index (κ2) is 32.6. The van der Waals surface area contributed by atoms with Crippen LogP contribution in [0.15, 0.2) is 0 Å². The van der Waals surface area contributed by atoms with Crippen molar-refractivity contribution < 1.29 is 18.5 Å². The smallest absolute Gasteiger partial charge is 0.302 e. The first kappa shape index (κ1) is 39.1. The third-order valence-electron chi connectivity index (χ3n) is 8.00. The molecule has 0 unspecified atom stereocenters. The maximum Gasteiger partial charge on any atom is 0.472 e. The highest BCUT2D eigenvalue weighted by atomic mass is 31.2. The van der Waals surface area contributed by atoms with Crippen molar-refractivity contribution in [1.29, 1.82) is 0 Å². The third kappa shape index (κ3) is 34.2. The molecule has 0 radical (unpaired) electrons. The van der Waals surface area contributed by atoms with Crippen LogP contribution >= 0.6 is 7.82 Å². The van der Waals surface area contributed by atoms with E-state index in [-0.39, 0.29) is 0 Å². The van der Waals surface area contributed by atoms with Crippen LogP contribution in [-0.2, 0) is 13.6 Å². The molecule has 0 aromatic heterocycles. The van der Waals surface area contributed by atoms with Crippen molar-refractivity contribution in [2.75, 3.05) is 13.2 Å². The van der Waals surface area contributed by atoms with Crippen LogP contribution in [0.1, 0.15) is 206 Å². The van der Waals surface area contributed by atoms with Crippen molar-refractivity contribution in [3.63, 3.8) is 0 Å².